The molecule has 0 aliphatic rings. The summed E-state index contributed by atoms with van der Waals surface area (Å²) in [4.78, 5) is 13.4. The van der Waals surface area contributed by atoms with Gasteiger partial charge in [0.05, 0.1) is 20.1 Å². The Morgan fingerprint density at radius 1 is 1.32 bits per heavy atom. The van der Waals surface area contributed by atoms with E-state index in [0.29, 0.717) is 12.2 Å². The molecular weight excluding hydrogens is 392 g/mol. The maximum atomic E-state index is 11.5. The molecule has 0 aliphatic carbocycles. The third kappa shape index (κ3) is 3.84. The van der Waals surface area contributed by atoms with Crippen LogP contribution in [0.4, 0.5) is 11.4 Å². The van der Waals surface area contributed by atoms with E-state index in [1.54, 1.807) is 23.3 Å². The molecule has 0 amide bonds. The van der Waals surface area contributed by atoms with Gasteiger partial charge in [0.25, 0.3) is 5.69 Å². The summed E-state index contributed by atoms with van der Waals surface area (Å²) in [6, 6.07) is 7.80. The highest BCUT2D eigenvalue weighted by Crippen LogP contribution is 2.32. The predicted octanol–water partition coefficient (Wildman–Crippen LogP) is 3.46. The van der Waals surface area contributed by atoms with E-state index in [1.165, 1.54) is 12.1 Å². The minimum atomic E-state index is -3.48. The maximum absolute atomic E-state index is 11.5. The quantitative estimate of drug-likeness (QED) is 0.562. The van der Waals surface area contributed by atoms with Crippen LogP contribution in [0.1, 0.15) is 4.88 Å². The summed E-state index contributed by atoms with van der Waals surface area (Å²) in [5, 5.41) is 11.2. The molecule has 1 aromatic carbocycles. The van der Waals surface area contributed by atoms with E-state index in [-0.39, 0.29) is 10.6 Å². The predicted molar refractivity (Wildman–Crippen MR) is 90.3 cm³/mol. The van der Waals surface area contributed by atoms with Crippen molar-refractivity contribution in [2.24, 2.45) is 0 Å². The van der Waals surface area contributed by atoms with E-state index in [4.69, 9.17) is 0 Å². The Labute approximate surface area is 140 Å². The molecule has 9 heteroatoms. The molecule has 6 nitrogen and oxygen atoms in total. The topological polar surface area (TPSA) is 80.5 Å². The molecule has 0 aliphatic heterocycles. The molecule has 2 rings (SSSR count). The fourth-order valence-corrected chi connectivity index (χ4v) is 4.14. The Balaban J connectivity index is 2.39. The van der Waals surface area contributed by atoms with Crippen LogP contribution in [0.3, 0.4) is 0 Å². The van der Waals surface area contributed by atoms with Crippen LogP contribution in [0.25, 0.3) is 0 Å². The molecule has 0 atom stereocenters. The van der Waals surface area contributed by atoms with Gasteiger partial charge in [-0.1, -0.05) is 0 Å². The molecule has 0 N–H and O–H groups in total. The molecule has 0 radical (unpaired) electrons. The standard InChI is InChI=1S/C13H13BrN2O4S2/c1-15(8-9-3-6-13(14)21-9)11-5-4-10(22(2,19)20)7-12(11)16(17)18/h3-7H,8H2,1-2H3. The van der Waals surface area contributed by atoms with Gasteiger partial charge in [-0.3, -0.25) is 10.1 Å². The van der Waals surface area contributed by atoms with Crippen LogP contribution in [0.15, 0.2) is 39.0 Å². The monoisotopic (exact) mass is 404 g/mol. The summed E-state index contributed by atoms with van der Waals surface area (Å²) in [7, 11) is -1.75. The van der Waals surface area contributed by atoms with Crippen molar-refractivity contribution >= 4 is 48.5 Å². The van der Waals surface area contributed by atoms with E-state index in [1.807, 2.05) is 12.1 Å². The molecule has 2 aromatic rings. The zero-order valence-electron chi connectivity index (χ0n) is 11.8. The molecule has 0 saturated carbocycles. The van der Waals surface area contributed by atoms with E-state index in [2.05, 4.69) is 15.9 Å². The average molecular weight is 405 g/mol. The lowest BCUT2D eigenvalue weighted by Gasteiger charge is -2.18. The number of anilines is 1. The lowest BCUT2D eigenvalue weighted by atomic mass is 10.2. The number of rotatable bonds is 5. The first-order valence-electron chi connectivity index (χ1n) is 6.12. The van der Waals surface area contributed by atoms with Crippen LogP contribution in [0.5, 0.6) is 0 Å². The molecule has 118 valence electrons. The van der Waals surface area contributed by atoms with Gasteiger partial charge in [-0.2, -0.15) is 0 Å². The fourth-order valence-electron chi connectivity index (χ4n) is 1.96. The van der Waals surface area contributed by atoms with Crippen molar-refractivity contribution in [2.75, 3.05) is 18.2 Å². The van der Waals surface area contributed by atoms with Gasteiger partial charge in [-0.05, 0) is 40.2 Å². The van der Waals surface area contributed by atoms with E-state index < -0.39 is 14.8 Å². The summed E-state index contributed by atoms with van der Waals surface area (Å²) < 4.78 is 24.1. The Morgan fingerprint density at radius 3 is 2.50 bits per heavy atom. The minimum absolute atomic E-state index is 0.0600. The first-order valence-corrected chi connectivity index (χ1v) is 9.62. The number of hydrogen-bond acceptors (Lipinski definition) is 6. The van der Waals surface area contributed by atoms with Gasteiger partial charge >= 0.3 is 0 Å². The van der Waals surface area contributed by atoms with Gasteiger partial charge < -0.3 is 4.90 Å². The van der Waals surface area contributed by atoms with E-state index in [0.717, 1.165) is 21.0 Å². The number of thiophene rings is 1. The Morgan fingerprint density at radius 2 is 2.00 bits per heavy atom. The largest absolute Gasteiger partial charge is 0.364 e. The van der Waals surface area contributed by atoms with Gasteiger partial charge in [0, 0.05) is 24.2 Å². The number of nitro benzene ring substituents is 1. The van der Waals surface area contributed by atoms with Crippen molar-refractivity contribution in [3.05, 3.63) is 49.1 Å². The van der Waals surface area contributed by atoms with Crippen LogP contribution < -0.4 is 4.90 Å². The summed E-state index contributed by atoms with van der Waals surface area (Å²) >= 11 is 4.91. The molecule has 22 heavy (non-hydrogen) atoms. The molecule has 0 bridgehead atoms. The van der Waals surface area contributed by atoms with Crippen LogP contribution in [-0.2, 0) is 16.4 Å². The number of nitrogens with zero attached hydrogens (tertiary/aromatic N) is 2. The van der Waals surface area contributed by atoms with Crippen molar-refractivity contribution in [1.29, 1.82) is 0 Å². The lowest BCUT2D eigenvalue weighted by Crippen LogP contribution is -2.17. The molecular formula is C13H13BrN2O4S2. The van der Waals surface area contributed by atoms with Crippen molar-refractivity contribution in [1.82, 2.24) is 0 Å². The molecule has 1 aromatic heterocycles. The van der Waals surface area contributed by atoms with Crippen LogP contribution in [0, 0.1) is 10.1 Å². The van der Waals surface area contributed by atoms with Crippen molar-refractivity contribution in [3.8, 4) is 0 Å². The van der Waals surface area contributed by atoms with E-state index in [9.17, 15) is 18.5 Å². The van der Waals surface area contributed by atoms with Crippen molar-refractivity contribution in [2.45, 2.75) is 11.4 Å². The molecule has 0 unspecified atom stereocenters. The third-order valence-electron chi connectivity index (χ3n) is 3.00. The zero-order chi connectivity index (χ0) is 16.5. The van der Waals surface area contributed by atoms with E-state index >= 15 is 0 Å². The van der Waals surface area contributed by atoms with Crippen LogP contribution >= 0.6 is 27.3 Å². The first-order chi connectivity index (χ1) is 10.2. The zero-order valence-corrected chi connectivity index (χ0v) is 15.0. The summed E-state index contributed by atoms with van der Waals surface area (Å²) in [6.45, 7) is 0.495. The first kappa shape index (κ1) is 16.9. The third-order valence-corrected chi connectivity index (χ3v) is 5.72. The molecule has 0 saturated heterocycles. The lowest BCUT2D eigenvalue weighted by molar-refractivity contribution is -0.384. The Bertz CT molecular complexity index is 817. The average Bonchev–Trinajstić information content (AvgIpc) is 2.82. The second-order valence-electron chi connectivity index (χ2n) is 4.74. The number of nitro groups is 1. The van der Waals surface area contributed by atoms with Gasteiger partial charge in [0.2, 0.25) is 0 Å². The van der Waals surface area contributed by atoms with Crippen LogP contribution in [-0.4, -0.2) is 26.6 Å². The Kier molecular flexibility index (Phi) is 4.88. The summed E-state index contributed by atoms with van der Waals surface area (Å²) in [5.41, 5.74) is 0.156. The number of benzene rings is 1. The maximum Gasteiger partial charge on any atom is 0.293 e. The van der Waals surface area contributed by atoms with Gasteiger partial charge in [0.15, 0.2) is 9.84 Å². The highest BCUT2D eigenvalue weighted by molar-refractivity contribution is 9.11. The second kappa shape index (κ2) is 6.35. The second-order valence-corrected chi connectivity index (χ2v) is 9.30. The van der Waals surface area contributed by atoms with Gasteiger partial charge in [-0.25, -0.2) is 8.42 Å². The highest BCUT2D eigenvalue weighted by Gasteiger charge is 2.21. The SMILES string of the molecule is CN(Cc1ccc(Br)s1)c1ccc(S(C)(=O)=O)cc1[N+](=O)[O-]. The molecule has 0 spiro atoms. The summed E-state index contributed by atoms with van der Waals surface area (Å²) in [6.07, 6.45) is 1.03. The van der Waals surface area contributed by atoms with Crippen molar-refractivity contribution in [3.63, 3.8) is 0 Å². The van der Waals surface area contributed by atoms with Crippen molar-refractivity contribution < 1.29 is 13.3 Å². The number of halogens is 1. The number of sulfone groups is 1. The fraction of sp³-hybridized carbons (Fsp3) is 0.231. The Hall–Kier alpha value is -1.45. The molecule has 1 heterocycles. The minimum Gasteiger partial charge on any atom is -0.364 e. The van der Waals surface area contributed by atoms with Gasteiger partial charge in [-0.15, -0.1) is 11.3 Å². The highest BCUT2D eigenvalue weighted by atomic mass is 79.9. The number of hydrogen-bond donors (Lipinski definition) is 0. The smallest absolute Gasteiger partial charge is 0.293 e. The normalized spacial score (nSPS) is 11.4. The summed E-state index contributed by atoms with van der Waals surface area (Å²) in [5.74, 6) is 0. The van der Waals surface area contributed by atoms with Crippen LogP contribution in [0.2, 0.25) is 0 Å². The van der Waals surface area contributed by atoms with Gasteiger partial charge in [0.1, 0.15) is 5.69 Å². The molecule has 0 fully saturated rings.